The van der Waals surface area contributed by atoms with E-state index in [0.29, 0.717) is 10.7 Å². The Morgan fingerprint density at radius 3 is 2.53 bits per heavy atom. The molecule has 0 saturated heterocycles. The van der Waals surface area contributed by atoms with Crippen molar-refractivity contribution in [3.63, 3.8) is 0 Å². The minimum absolute atomic E-state index is 0.108. The second-order valence-corrected chi connectivity index (χ2v) is 4.64. The number of rotatable bonds is 4. The number of anilines is 2. The highest BCUT2D eigenvalue weighted by Crippen LogP contribution is 2.19. The Hall–Kier alpha value is -2.00. The van der Waals surface area contributed by atoms with Gasteiger partial charge in [0.15, 0.2) is 0 Å². The fraction of sp³-hybridized carbons (Fsp3) is 0.133. The largest absolute Gasteiger partial charge is 0.376 e. The molecule has 98 valence electrons. The Morgan fingerprint density at radius 1 is 1.11 bits per heavy atom. The van der Waals surface area contributed by atoms with Gasteiger partial charge in [-0.15, -0.1) is 0 Å². The van der Waals surface area contributed by atoms with Crippen LogP contribution < -0.4 is 10.6 Å². The summed E-state index contributed by atoms with van der Waals surface area (Å²) in [5.74, 6) is -0.108. The Balaban J connectivity index is 1.89. The zero-order valence-electron chi connectivity index (χ0n) is 10.6. The molecule has 0 radical (unpaired) electrons. The summed E-state index contributed by atoms with van der Waals surface area (Å²) in [4.78, 5) is 11.8. The number of amides is 1. The molecule has 2 N–H and O–H groups in total. The Labute approximate surface area is 117 Å². The van der Waals surface area contributed by atoms with Gasteiger partial charge < -0.3 is 10.6 Å². The third kappa shape index (κ3) is 4.00. The highest BCUT2D eigenvalue weighted by molar-refractivity contribution is 6.31. The van der Waals surface area contributed by atoms with Crippen LogP contribution in [-0.2, 0) is 4.79 Å². The first-order valence-corrected chi connectivity index (χ1v) is 6.38. The maximum Gasteiger partial charge on any atom is 0.243 e. The molecule has 1 amide bonds. The number of hydrogen-bond acceptors (Lipinski definition) is 2. The van der Waals surface area contributed by atoms with Gasteiger partial charge in [-0.3, -0.25) is 4.79 Å². The van der Waals surface area contributed by atoms with Crippen LogP contribution >= 0.6 is 11.6 Å². The topological polar surface area (TPSA) is 41.1 Å². The first-order chi connectivity index (χ1) is 9.15. The number of nitrogens with one attached hydrogen (secondary N) is 2. The van der Waals surface area contributed by atoms with Gasteiger partial charge in [-0.05, 0) is 36.8 Å². The number of halogens is 1. The molecule has 0 aliphatic carbocycles. The fourth-order valence-corrected chi connectivity index (χ4v) is 1.79. The molecular weight excluding hydrogens is 260 g/mol. The van der Waals surface area contributed by atoms with Crippen LogP contribution in [0.15, 0.2) is 48.5 Å². The molecule has 0 aromatic heterocycles. The molecule has 0 bridgehead atoms. The summed E-state index contributed by atoms with van der Waals surface area (Å²) in [6, 6.07) is 15.0. The Bertz CT molecular complexity index is 570. The van der Waals surface area contributed by atoms with E-state index in [4.69, 9.17) is 11.6 Å². The molecule has 3 nitrogen and oxygen atoms in total. The quantitative estimate of drug-likeness (QED) is 0.893. The van der Waals surface area contributed by atoms with Gasteiger partial charge in [-0.2, -0.15) is 0 Å². The molecule has 2 aromatic rings. The predicted octanol–water partition coefficient (Wildman–Crippen LogP) is 3.70. The first-order valence-electron chi connectivity index (χ1n) is 6.00. The number of carbonyl (C=O) groups excluding carboxylic acids is 1. The van der Waals surface area contributed by atoms with Gasteiger partial charge in [0, 0.05) is 16.4 Å². The van der Waals surface area contributed by atoms with Crippen molar-refractivity contribution >= 4 is 28.9 Å². The third-order valence-corrected chi connectivity index (χ3v) is 3.09. The smallest absolute Gasteiger partial charge is 0.243 e. The Morgan fingerprint density at radius 2 is 1.84 bits per heavy atom. The lowest BCUT2D eigenvalue weighted by Gasteiger charge is -2.08. The minimum Gasteiger partial charge on any atom is -0.376 e. The molecular formula is C15H15ClN2O. The first kappa shape index (κ1) is 13.4. The number of benzene rings is 2. The average molecular weight is 275 g/mol. The van der Waals surface area contributed by atoms with E-state index in [1.807, 2.05) is 49.4 Å². The lowest BCUT2D eigenvalue weighted by molar-refractivity contribution is -0.114. The van der Waals surface area contributed by atoms with Gasteiger partial charge in [0.2, 0.25) is 5.91 Å². The van der Waals surface area contributed by atoms with Crippen LogP contribution in [0.4, 0.5) is 11.4 Å². The van der Waals surface area contributed by atoms with Gasteiger partial charge in [-0.1, -0.05) is 35.9 Å². The summed E-state index contributed by atoms with van der Waals surface area (Å²) >= 11 is 6.00. The van der Waals surface area contributed by atoms with Gasteiger partial charge in [-0.25, -0.2) is 0 Å². The molecule has 19 heavy (non-hydrogen) atoms. The van der Waals surface area contributed by atoms with Crippen LogP contribution in [0.5, 0.6) is 0 Å². The van der Waals surface area contributed by atoms with E-state index in [2.05, 4.69) is 10.6 Å². The van der Waals surface area contributed by atoms with Crippen LogP contribution in [0.25, 0.3) is 0 Å². The van der Waals surface area contributed by atoms with E-state index in [1.54, 1.807) is 6.07 Å². The summed E-state index contributed by atoms with van der Waals surface area (Å²) in [5.41, 5.74) is 2.61. The van der Waals surface area contributed by atoms with Crippen molar-refractivity contribution in [2.24, 2.45) is 0 Å². The van der Waals surface area contributed by atoms with Gasteiger partial charge in [0.05, 0.1) is 6.54 Å². The summed E-state index contributed by atoms with van der Waals surface area (Å²) in [6.07, 6.45) is 0. The van der Waals surface area contributed by atoms with Crippen LogP contribution in [0, 0.1) is 6.92 Å². The van der Waals surface area contributed by atoms with Crippen LogP contribution in [0.3, 0.4) is 0 Å². The van der Waals surface area contributed by atoms with Crippen molar-refractivity contribution in [1.29, 1.82) is 0 Å². The lowest BCUT2D eigenvalue weighted by Crippen LogP contribution is -2.21. The molecule has 0 aliphatic heterocycles. The van der Waals surface area contributed by atoms with Crippen molar-refractivity contribution in [2.75, 3.05) is 17.2 Å². The van der Waals surface area contributed by atoms with Gasteiger partial charge in [0.1, 0.15) is 0 Å². The normalized spacial score (nSPS) is 10.0. The van der Waals surface area contributed by atoms with Crippen molar-refractivity contribution in [3.8, 4) is 0 Å². The van der Waals surface area contributed by atoms with Crippen molar-refractivity contribution < 1.29 is 4.79 Å². The van der Waals surface area contributed by atoms with Crippen molar-refractivity contribution in [3.05, 3.63) is 59.1 Å². The maximum atomic E-state index is 11.8. The van der Waals surface area contributed by atoms with Crippen LogP contribution in [0.1, 0.15) is 5.56 Å². The fourth-order valence-electron chi connectivity index (χ4n) is 1.61. The molecule has 0 unspecified atom stereocenters. The summed E-state index contributed by atoms with van der Waals surface area (Å²) < 4.78 is 0. The van der Waals surface area contributed by atoms with E-state index in [1.165, 1.54) is 0 Å². The second-order valence-electron chi connectivity index (χ2n) is 4.23. The number of aryl methyl sites for hydroxylation is 1. The summed E-state index contributed by atoms with van der Waals surface area (Å²) in [5, 5.41) is 6.49. The molecule has 0 atom stereocenters. The highest BCUT2D eigenvalue weighted by Gasteiger charge is 2.03. The molecule has 4 heteroatoms. The zero-order valence-corrected chi connectivity index (χ0v) is 11.4. The minimum atomic E-state index is -0.108. The molecule has 2 aromatic carbocycles. The van der Waals surface area contributed by atoms with Crippen LogP contribution in [-0.4, -0.2) is 12.5 Å². The standard InChI is InChI=1S/C15H15ClN2O/c1-11-7-8-13(9-14(11)16)18-15(19)10-17-12-5-3-2-4-6-12/h2-9,17H,10H2,1H3,(H,18,19). The molecule has 0 saturated carbocycles. The van der Waals surface area contributed by atoms with E-state index in [9.17, 15) is 4.79 Å². The van der Waals surface area contributed by atoms with E-state index in [0.717, 1.165) is 11.3 Å². The number of para-hydroxylation sites is 1. The maximum absolute atomic E-state index is 11.8. The van der Waals surface area contributed by atoms with Crippen LogP contribution in [0.2, 0.25) is 5.02 Å². The third-order valence-electron chi connectivity index (χ3n) is 2.68. The molecule has 2 rings (SSSR count). The predicted molar refractivity (Wildman–Crippen MR) is 79.8 cm³/mol. The van der Waals surface area contributed by atoms with Gasteiger partial charge >= 0.3 is 0 Å². The molecule has 0 spiro atoms. The molecule has 0 fully saturated rings. The van der Waals surface area contributed by atoms with E-state index >= 15 is 0 Å². The van der Waals surface area contributed by atoms with Crippen molar-refractivity contribution in [2.45, 2.75) is 6.92 Å². The number of carbonyl (C=O) groups is 1. The lowest BCUT2D eigenvalue weighted by atomic mass is 10.2. The van der Waals surface area contributed by atoms with E-state index in [-0.39, 0.29) is 12.5 Å². The highest BCUT2D eigenvalue weighted by atomic mass is 35.5. The second kappa shape index (κ2) is 6.25. The summed E-state index contributed by atoms with van der Waals surface area (Å²) in [7, 11) is 0. The SMILES string of the molecule is Cc1ccc(NC(=O)CNc2ccccc2)cc1Cl. The molecule has 0 heterocycles. The monoisotopic (exact) mass is 274 g/mol. The van der Waals surface area contributed by atoms with Gasteiger partial charge in [0.25, 0.3) is 0 Å². The van der Waals surface area contributed by atoms with E-state index < -0.39 is 0 Å². The summed E-state index contributed by atoms with van der Waals surface area (Å²) in [6.45, 7) is 2.14. The zero-order chi connectivity index (χ0) is 13.7. The molecule has 0 aliphatic rings. The number of hydrogen-bond donors (Lipinski definition) is 2. The average Bonchev–Trinajstić information content (AvgIpc) is 2.42. The Kier molecular flexibility index (Phi) is 4.42. The van der Waals surface area contributed by atoms with Crippen molar-refractivity contribution in [1.82, 2.24) is 0 Å².